The number of nitrogens with one attached hydrogen (secondary N) is 1. The lowest BCUT2D eigenvalue weighted by Crippen LogP contribution is -2.19. The summed E-state index contributed by atoms with van der Waals surface area (Å²) in [4.78, 5) is 5.71. The Hall–Kier alpha value is -0.830. The molecule has 1 aliphatic rings. The van der Waals surface area contributed by atoms with Crippen molar-refractivity contribution in [3.63, 3.8) is 0 Å². The minimum Gasteiger partial charge on any atom is -0.372 e. The summed E-state index contributed by atoms with van der Waals surface area (Å²) in [6, 6.07) is 4.22. The third kappa shape index (κ3) is 1.60. The van der Waals surface area contributed by atoms with Crippen molar-refractivity contribution < 1.29 is 0 Å². The van der Waals surface area contributed by atoms with Crippen LogP contribution < -0.4 is 5.32 Å². The van der Waals surface area contributed by atoms with Gasteiger partial charge in [-0.2, -0.15) is 0 Å². The van der Waals surface area contributed by atoms with Gasteiger partial charge < -0.3 is 5.32 Å². The maximum Gasteiger partial charge on any atom is 0.102 e. The number of nitrogens with zero attached hydrogens (tertiary/aromatic N) is 1. The lowest BCUT2D eigenvalue weighted by molar-refractivity contribution is 0.954. The Morgan fingerprint density at radius 3 is 3.27 bits per heavy atom. The molecule has 1 aliphatic heterocycles. The van der Waals surface area contributed by atoms with Crippen molar-refractivity contribution >= 4 is 17.2 Å². The molecule has 2 nitrogen and oxygen atoms in total. The van der Waals surface area contributed by atoms with E-state index in [1.165, 1.54) is 4.88 Å². The topological polar surface area (TPSA) is 24.4 Å². The average Bonchev–Trinajstić information content (AvgIpc) is 2.60. The van der Waals surface area contributed by atoms with Gasteiger partial charge in [-0.05, 0) is 11.4 Å². The second kappa shape index (κ2) is 3.05. The Morgan fingerprint density at radius 1 is 1.64 bits per heavy atom. The summed E-state index contributed by atoms with van der Waals surface area (Å²) in [6.07, 6.45) is 0.984. The largest absolute Gasteiger partial charge is 0.372 e. The molecule has 0 radical (unpaired) electrons. The fourth-order valence-corrected chi connectivity index (χ4v) is 1.85. The highest BCUT2D eigenvalue weighted by Gasteiger charge is 2.05. The van der Waals surface area contributed by atoms with Crippen molar-refractivity contribution in [3.8, 4) is 0 Å². The number of aliphatic imine (C=N–C) groups is 1. The first-order valence-corrected chi connectivity index (χ1v) is 4.63. The van der Waals surface area contributed by atoms with E-state index in [0.29, 0.717) is 0 Å². The Balaban J connectivity index is 2.00. The van der Waals surface area contributed by atoms with Gasteiger partial charge in [0.2, 0.25) is 0 Å². The molecule has 2 rings (SSSR count). The van der Waals surface area contributed by atoms with Gasteiger partial charge in [0, 0.05) is 17.8 Å². The molecule has 0 saturated heterocycles. The first-order chi connectivity index (χ1) is 5.45. The molecule has 0 unspecified atom stereocenters. The second-order valence-electron chi connectivity index (χ2n) is 2.51. The lowest BCUT2D eigenvalue weighted by Gasteiger charge is -1.97. The Morgan fingerprint density at radius 2 is 2.64 bits per heavy atom. The highest BCUT2D eigenvalue weighted by Crippen LogP contribution is 2.09. The van der Waals surface area contributed by atoms with Gasteiger partial charge in [-0.3, -0.25) is 4.99 Å². The van der Waals surface area contributed by atoms with E-state index in [2.05, 4.69) is 27.8 Å². The van der Waals surface area contributed by atoms with Gasteiger partial charge in [0.1, 0.15) is 5.84 Å². The average molecular weight is 166 g/mol. The first kappa shape index (κ1) is 6.85. The van der Waals surface area contributed by atoms with Crippen LogP contribution in [0.15, 0.2) is 22.5 Å². The molecule has 3 heteroatoms. The van der Waals surface area contributed by atoms with Crippen LogP contribution in [0.4, 0.5) is 0 Å². The molecule has 58 valence electrons. The Labute approximate surface area is 70.0 Å². The van der Waals surface area contributed by atoms with Crippen LogP contribution in [-0.4, -0.2) is 18.9 Å². The van der Waals surface area contributed by atoms with E-state index in [1.54, 1.807) is 11.3 Å². The summed E-state index contributed by atoms with van der Waals surface area (Å²) in [5, 5.41) is 5.35. The molecule has 0 spiro atoms. The number of rotatable bonds is 2. The summed E-state index contributed by atoms with van der Waals surface area (Å²) in [7, 11) is 0. The quantitative estimate of drug-likeness (QED) is 0.703. The fourth-order valence-electron chi connectivity index (χ4n) is 1.14. The third-order valence-electron chi connectivity index (χ3n) is 1.67. The molecule has 0 saturated carbocycles. The van der Waals surface area contributed by atoms with Gasteiger partial charge in [-0.1, -0.05) is 6.07 Å². The maximum absolute atomic E-state index is 4.32. The van der Waals surface area contributed by atoms with E-state index in [1.807, 2.05) is 0 Å². The molecule has 0 fully saturated rings. The molecular weight excluding hydrogens is 156 g/mol. The van der Waals surface area contributed by atoms with Gasteiger partial charge in [0.05, 0.1) is 6.54 Å². The number of thiophene rings is 1. The molecule has 2 heterocycles. The van der Waals surface area contributed by atoms with Crippen LogP contribution in [0.5, 0.6) is 0 Å². The van der Waals surface area contributed by atoms with E-state index in [-0.39, 0.29) is 0 Å². The Kier molecular flexibility index (Phi) is 1.90. The van der Waals surface area contributed by atoms with E-state index in [0.717, 1.165) is 25.3 Å². The normalized spacial score (nSPS) is 16.2. The van der Waals surface area contributed by atoms with Crippen molar-refractivity contribution in [2.75, 3.05) is 13.1 Å². The van der Waals surface area contributed by atoms with Crippen molar-refractivity contribution in [1.29, 1.82) is 0 Å². The number of hydrogen-bond donors (Lipinski definition) is 1. The molecule has 0 aromatic carbocycles. The van der Waals surface area contributed by atoms with Crippen LogP contribution in [-0.2, 0) is 6.42 Å². The molecule has 11 heavy (non-hydrogen) atoms. The monoisotopic (exact) mass is 166 g/mol. The fraction of sp³-hybridized carbons (Fsp3) is 0.375. The van der Waals surface area contributed by atoms with Crippen LogP contribution in [0.1, 0.15) is 4.88 Å². The number of hydrogen-bond acceptors (Lipinski definition) is 3. The van der Waals surface area contributed by atoms with Crippen LogP contribution >= 0.6 is 11.3 Å². The second-order valence-corrected chi connectivity index (χ2v) is 3.54. The van der Waals surface area contributed by atoms with Crippen LogP contribution in [0, 0.1) is 0 Å². The predicted molar refractivity (Wildman–Crippen MR) is 48.3 cm³/mol. The Bertz CT molecular complexity index is 251. The van der Waals surface area contributed by atoms with Gasteiger partial charge in [0.25, 0.3) is 0 Å². The summed E-state index contributed by atoms with van der Waals surface area (Å²) in [5.41, 5.74) is 0. The first-order valence-electron chi connectivity index (χ1n) is 3.75. The molecule has 0 aliphatic carbocycles. The van der Waals surface area contributed by atoms with E-state index in [4.69, 9.17) is 0 Å². The molecule has 0 atom stereocenters. The standard InChI is InChI=1S/C8H10N2S/c1-2-7(11-5-1)6-8-9-3-4-10-8/h1-2,5H,3-4,6H2,(H,9,10). The van der Waals surface area contributed by atoms with Gasteiger partial charge in [-0.15, -0.1) is 11.3 Å². The zero-order chi connectivity index (χ0) is 7.52. The summed E-state index contributed by atoms with van der Waals surface area (Å²) >= 11 is 1.79. The zero-order valence-corrected chi connectivity index (χ0v) is 7.03. The highest BCUT2D eigenvalue weighted by molar-refractivity contribution is 7.10. The minimum absolute atomic E-state index is 0.945. The summed E-state index contributed by atoms with van der Waals surface area (Å²) in [5.74, 6) is 1.15. The van der Waals surface area contributed by atoms with Crippen LogP contribution in [0.3, 0.4) is 0 Å². The van der Waals surface area contributed by atoms with E-state index < -0.39 is 0 Å². The zero-order valence-electron chi connectivity index (χ0n) is 6.21. The molecule has 0 amide bonds. The molecule has 1 aromatic heterocycles. The van der Waals surface area contributed by atoms with Crippen LogP contribution in [0.2, 0.25) is 0 Å². The van der Waals surface area contributed by atoms with Crippen molar-refractivity contribution in [3.05, 3.63) is 22.4 Å². The van der Waals surface area contributed by atoms with Gasteiger partial charge in [0.15, 0.2) is 0 Å². The summed E-state index contributed by atoms with van der Waals surface area (Å²) in [6.45, 7) is 1.96. The van der Waals surface area contributed by atoms with E-state index >= 15 is 0 Å². The van der Waals surface area contributed by atoms with Crippen LogP contribution in [0.25, 0.3) is 0 Å². The molecular formula is C8H10N2S. The number of amidine groups is 1. The summed E-state index contributed by atoms with van der Waals surface area (Å²) < 4.78 is 0. The van der Waals surface area contributed by atoms with Crippen molar-refractivity contribution in [2.45, 2.75) is 6.42 Å². The molecule has 1 N–H and O–H groups in total. The van der Waals surface area contributed by atoms with Gasteiger partial charge in [-0.25, -0.2) is 0 Å². The minimum atomic E-state index is 0.945. The maximum atomic E-state index is 4.32. The van der Waals surface area contributed by atoms with Gasteiger partial charge >= 0.3 is 0 Å². The van der Waals surface area contributed by atoms with Crippen molar-refractivity contribution in [1.82, 2.24) is 5.32 Å². The van der Waals surface area contributed by atoms with E-state index in [9.17, 15) is 0 Å². The van der Waals surface area contributed by atoms with Crippen molar-refractivity contribution in [2.24, 2.45) is 4.99 Å². The molecule has 1 aromatic rings. The smallest absolute Gasteiger partial charge is 0.102 e. The third-order valence-corrected chi connectivity index (χ3v) is 2.54. The lowest BCUT2D eigenvalue weighted by atomic mass is 10.3. The SMILES string of the molecule is c1csc(CC2=NCCN2)c1. The predicted octanol–water partition coefficient (Wildman–Crippen LogP) is 1.29. The highest BCUT2D eigenvalue weighted by atomic mass is 32.1. The molecule has 0 bridgehead atoms.